The van der Waals surface area contributed by atoms with Crippen molar-refractivity contribution in [2.45, 2.75) is 57.7 Å². The Labute approximate surface area is 158 Å². The number of aryl methyl sites for hydroxylation is 2. The molecule has 1 unspecified atom stereocenters. The van der Waals surface area contributed by atoms with Crippen molar-refractivity contribution >= 4 is 24.0 Å². The number of aromatic nitrogens is 4. The molecule has 0 amide bonds. The quantitative estimate of drug-likeness (QED) is 0.714. The largest absolute Gasteiger partial charge is 0.377 e. The van der Waals surface area contributed by atoms with Crippen molar-refractivity contribution < 1.29 is 9.26 Å². The number of H-pyrrole nitrogens is 1. The van der Waals surface area contributed by atoms with Gasteiger partial charge in [-0.05, 0) is 45.1 Å². The Balaban J connectivity index is 0.00000169. The summed E-state index contributed by atoms with van der Waals surface area (Å²) in [5.74, 6) is 2.37. The Kier molecular flexibility index (Phi) is 5.88. The molecule has 1 fully saturated rings. The van der Waals surface area contributed by atoms with Gasteiger partial charge in [0.1, 0.15) is 12.4 Å². The number of hydrogen-bond donors (Lipinski definition) is 1. The van der Waals surface area contributed by atoms with Crippen LogP contribution in [0.5, 0.6) is 0 Å². The molecule has 1 saturated heterocycles. The minimum absolute atomic E-state index is 0. The van der Waals surface area contributed by atoms with Crippen LogP contribution in [-0.2, 0) is 30.7 Å². The van der Waals surface area contributed by atoms with E-state index in [0.29, 0.717) is 30.9 Å². The van der Waals surface area contributed by atoms with Crippen LogP contribution in [0.25, 0.3) is 0 Å². The van der Waals surface area contributed by atoms with Crippen LogP contribution in [0.2, 0.25) is 0 Å². The zero-order chi connectivity index (χ0) is 15.6. The SMILES string of the molecule is COCc1noc(CN2CCCC2c2nc3c([nH]2)CCCC3)n1.I. The number of fused-ring (bicyclic) bond motifs is 1. The van der Waals surface area contributed by atoms with Crippen molar-refractivity contribution in [1.82, 2.24) is 25.0 Å². The van der Waals surface area contributed by atoms with Crippen molar-refractivity contribution in [2.24, 2.45) is 0 Å². The molecule has 2 aliphatic rings. The van der Waals surface area contributed by atoms with Crippen LogP contribution in [-0.4, -0.2) is 38.7 Å². The maximum atomic E-state index is 5.33. The normalized spacial score (nSPS) is 20.8. The number of likely N-dealkylation sites (tertiary alicyclic amines) is 1. The molecule has 24 heavy (non-hydrogen) atoms. The van der Waals surface area contributed by atoms with Gasteiger partial charge in [0.2, 0.25) is 5.89 Å². The first kappa shape index (κ1) is 17.8. The van der Waals surface area contributed by atoms with E-state index < -0.39 is 0 Å². The van der Waals surface area contributed by atoms with Gasteiger partial charge in [0.05, 0.1) is 18.3 Å². The van der Waals surface area contributed by atoms with Gasteiger partial charge in [-0.1, -0.05) is 5.16 Å². The van der Waals surface area contributed by atoms with E-state index in [4.69, 9.17) is 14.2 Å². The summed E-state index contributed by atoms with van der Waals surface area (Å²) in [6.45, 7) is 2.10. The van der Waals surface area contributed by atoms with Crippen molar-refractivity contribution in [3.05, 3.63) is 28.9 Å². The van der Waals surface area contributed by atoms with Crippen LogP contribution in [0.4, 0.5) is 0 Å². The fourth-order valence-corrected chi connectivity index (χ4v) is 3.67. The van der Waals surface area contributed by atoms with Crippen molar-refractivity contribution in [1.29, 1.82) is 0 Å². The molecule has 2 aromatic rings. The number of hydrogen-bond acceptors (Lipinski definition) is 6. The van der Waals surface area contributed by atoms with Crippen molar-refractivity contribution in [3.8, 4) is 0 Å². The molecule has 1 N–H and O–H groups in total. The van der Waals surface area contributed by atoms with E-state index in [0.717, 1.165) is 31.6 Å². The minimum Gasteiger partial charge on any atom is -0.377 e. The van der Waals surface area contributed by atoms with Crippen LogP contribution in [0, 0.1) is 0 Å². The first-order valence-electron chi connectivity index (χ1n) is 8.45. The van der Waals surface area contributed by atoms with Crippen LogP contribution < -0.4 is 0 Å². The zero-order valence-corrected chi connectivity index (χ0v) is 16.3. The number of nitrogens with zero attached hydrogens (tertiary/aromatic N) is 4. The second-order valence-electron chi connectivity index (χ2n) is 6.42. The van der Waals surface area contributed by atoms with Crippen LogP contribution in [0.1, 0.15) is 60.7 Å². The number of halogens is 1. The molecule has 0 spiro atoms. The van der Waals surface area contributed by atoms with E-state index in [1.54, 1.807) is 7.11 Å². The Morgan fingerprint density at radius 2 is 2.12 bits per heavy atom. The Morgan fingerprint density at radius 1 is 1.25 bits per heavy atom. The summed E-state index contributed by atoms with van der Waals surface area (Å²) in [6, 6.07) is 0.332. The van der Waals surface area contributed by atoms with E-state index in [1.165, 1.54) is 30.7 Å². The van der Waals surface area contributed by atoms with E-state index in [2.05, 4.69) is 20.0 Å². The predicted octanol–water partition coefficient (Wildman–Crippen LogP) is 2.77. The topological polar surface area (TPSA) is 80.1 Å². The smallest absolute Gasteiger partial charge is 0.240 e. The van der Waals surface area contributed by atoms with E-state index in [-0.39, 0.29) is 24.0 Å². The van der Waals surface area contributed by atoms with Gasteiger partial charge in [0.25, 0.3) is 0 Å². The third-order valence-corrected chi connectivity index (χ3v) is 4.77. The second kappa shape index (κ2) is 7.92. The fraction of sp³-hybridized carbons (Fsp3) is 0.688. The number of rotatable bonds is 5. The standard InChI is InChI=1S/C16H23N5O2.HI/c1-22-10-14-19-15(23-20-14)9-21-8-4-7-13(21)16-17-11-5-2-3-6-12(11)18-16;/h13H,2-10H2,1H3,(H,17,18);1H. The van der Waals surface area contributed by atoms with Crippen molar-refractivity contribution in [2.75, 3.05) is 13.7 Å². The van der Waals surface area contributed by atoms with Crippen molar-refractivity contribution in [3.63, 3.8) is 0 Å². The average molecular weight is 445 g/mol. The summed E-state index contributed by atoms with van der Waals surface area (Å²) in [7, 11) is 1.63. The number of methoxy groups -OCH3 is 1. The maximum absolute atomic E-state index is 5.33. The molecule has 7 nitrogen and oxygen atoms in total. The average Bonchev–Trinajstić information content (AvgIpc) is 3.27. The van der Waals surface area contributed by atoms with Gasteiger partial charge in [-0.2, -0.15) is 4.98 Å². The lowest BCUT2D eigenvalue weighted by atomic mass is 10.0. The summed E-state index contributed by atoms with van der Waals surface area (Å²) in [5, 5.41) is 3.94. The third kappa shape index (κ3) is 3.65. The lowest BCUT2D eigenvalue weighted by Gasteiger charge is -2.20. The lowest BCUT2D eigenvalue weighted by Crippen LogP contribution is -2.23. The van der Waals surface area contributed by atoms with Gasteiger partial charge in [0, 0.05) is 12.8 Å². The Morgan fingerprint density at radius 3 is 2.96 bits per heavy atom. The molecule has 0 aromatic carbocycles. The summed E-state index contributed by atoms with van der Waals surface area (Å²) in [5.41, 5.74) is 2.62. The summed E-state index contributed by atoms with van der Waals surface area (Å²) >= 11 is 0. The van der Waals surface area contributed by atoms with Gasteiger partial charge in [-0.15, -0.1) is 24.0 Å². The number of nitrogens with one attached hydrogen (secondary N) is 1. The predicted molar refractivity (Wildman–Crippen MR) is 98.0 cm³/mol. The van der Waals surface area contributed by atoms with E-state index in [9.17, 15) is 0 Å². The molecule has 4 rings (SSSR count). The highest BCUT2D eigenvalue weighted by atomic mass is 127. The van der Waals surface area contributed by atoms with Crippen LogP contribution in [0.3, 0.4) is 0 Å². The maximum Gasteiger partial charge on any atom is 0.240 e. The molecule has 8 heteroatoms. The molecule has 1 aliphatic carbocycles. The molecule has 1 aliphatic heterocycles. The lowest BCUT2D eigenvalue weighted by molar-refractivity contribution is 0.174. The van der Waals surface area contributed by atoms with E-state index >= 15 is 0 Å². The highest BCUT2D eigenvalue weighted by Crippen LogP contribution is 2.33. The number of ether oxygens (including phenoxy) is 1. The summed E-state index contributed by atoms with van der Waals surface area (Å²) in [4.78, 5) is 15.2. The molecule has 132 valence electrons. The molecule has 3 heterocycles. The van der Waals surface area contributed by atoms with Gasteiger partial charge >= 0.3 is 0 Å². The van der Waals surface area contributed by atoms with Gasteiger partial charge in [-0.25, -0.2) is 4.98 Å². The molecule has 0 bridgehead atoms. The first-order chi connectivity index (χ1) is 11.3. The first-order valence-corrected chi connectivity index (χ1v) is 8.45. The third-order valence-electron chi connectivity index (χ3n) is 4.77. The molecular weight excluding hydrogens is 421 g/mol. The zero-order valence-electron chi connectivity index (χ0n) is 14.0. The summed E-state index contributed by atoms with van der Waals surface area (Å²) in [6.07, 6.45) is 7.09. The fourth-order valence-electron chi connectivity index (χ4n) is 3.67. The highest BCUT2D eigenvalue weighted by Gasteiger charge is 2.31. The molecule has 0 radical (unpaired) electrons. The van der Waals surface area contributed by atoms with Gasteiger partial charge < -0.3 is 14.2 Å². The molecular formula is C16H24IN5O2. The Hall–Kier alpha value is -1.00. The number of imidazole rings is 1. The summed E-state index contributed by atoms with van der Waals surface area (Å²) < 4.78 is 10.4. The van der Waals surface area contributed by atoms with Gasteiger partial charge in [0.15, 0.2) is 5.82 Å². The number of aromatic amines is 1. The monoisotopic (exact) mass is 445 g/mol. The second-order valence-corrected chi connectivity index (χ2v) is 6.42. The van der Waals surface area contributed by atoms with Gasteiger partial charge in [-0.3, -0.25) is 4.90 Å². The van der Waals surface area contributed by atoms with E-state index in [1.807, 2.05) is 0 Å². The molecule has 0 saturated carbocycles. The molecule has 2 aromatic heterocycles. The molecule has 1 atom stereocenters. The van der Waals surface area contributed by atoms with Crippen LogP contribution in [0.15, 0.2) is 4.52 Å². The highest BCUT2D eigenvalue weighted by molar-refractivity contribution is 14.0. The minimum atomic E-state index is 0. The van der Waals surface area contributed by atoms with Crippen LogP contribution >= 0.6 is 24.0 Å². The Bertz CT molecular complexity index is 648.